The van der Waals surface area contributed by atoms with E-state index in [0.717, 1.165) is 5.56 Å². The van der Waals surface area contributed by atoms with Crippen molar-refractivity contribution in [1.29, 1.82) is 0 Å². The van der Waals surface area contributed by atoms with Crippen molar-refractivity contribution in [3.8, 4) is 11.5 Å². The summed E-state index contributed by atoms with van der Waals surface area (Å²) in [6.07, 6.45) is 0. The van der Waals surface area contributed by atoms with E-state index in [1.165, 1.54) is 13.2 Å². The van der Waals surface area contributed by atoms with Gasteiger partial charge < -0.3 is 20.5 Å². The van der Waals surface area contributed by atoms with Gasteiger partial charge in [-0.25, -0.2) is 4.39 Å². The first-order valence-electron chi connectivity index (χ1n) is 7.67. The fraction of sp³-hybridized carbons (Fsp3) is 0.278. The zero-order chi connectivity index (χ0) is 18.4. The summed E-state index contributed by atoms with van der Waals surface area (Å²) in [6, 6.07) is 9.27. The maximum atomic E-state index is 13.8. The number of carbonyl (C=O) groups is 1. The van der Waals surface area contributed by atoms with Crippen molar-refractivity contribution >= 4 is 17.5 Å². The molecule has 134 valence electrons. The summed E-state index contributed by atoms with van der Waals surface area (Å²) in [7, 11) is 1.54. The summed E-state index contributed by atoms with van der Waals surface area (Å²) in [5.41, 5.74) is 6.36. The number of halogens is 2. The molecule has 0 saturated heterocycles. The largest absolute Gasteiger partial charge is 0.496 e. The van der Waals surface area contributed by atoms with Crippen LogP contribution >= 0.6 is 11.6 Å². The summed E-state index contributed by atoms with van der Waals surface area (Å²) < 4.78 is 24.7. The van der Waals surface area contributed by atoms with Gasteiger partial charge in [0.2, 0.25) is 5.91 Å². The molecule has 1 amide bonds. The molecular formula is C18H20ClFN2O3. The predicted molar refractivity (Wildman–Crippen MR) is 94.2 cm³/mol. The highest BCUT2D eigenvalue weighted by atomic mass is 35.5. The lowest BCUT2D eigenvalue weighted by molar-refractivity contribution is -0.119. The Morgan fingerprint density at radius 3 is 2.76 bits per heavy atom. The van der Waals surface area contributed by atoms with E-state index in [9.17, 15) is 9.18 Å². The highest BCUT2D eigenvalue weighted by Crippen LogP contribution is 2.27. The van der Waals surface area contributed by atoms with Gasteiger partial charge in [-0.2, -0.15) is 0 Å². The quantitative estimate of drug-likeness (QED) is 0.753. The molecule has 0 fully saturated rings. The van der Waals surface area contributed by atoms with Crippen LogP contribution in [0.4, 0.5) is 4.39 Å². The number of amides is 1. The van der Waals surface area contributed by atoms with E-state index in [1.54, 1.807) is 37.3 Å². The van der Waals surface area contributed by atoms with Crippen LogP contribution in [0.25, 0.3) is 0 Å². The summed E-state index contributed by atoms with van der Waals surface area (Å²) in [5, 5.41) is 3.32. The number of ether oxygens (including phenoxy) is 2. The summed E-state index contributed by atoms with van der Waals surface area (Å²) in [4.78, 5) is 11.1. The van der Waals surface area contributed by atoms with E-state index in [-0.39, 0.29) is 6.61 Å². The zero-order valence-corrected chi connectivity index (χ0v) is 14.8. The van der Waals surface area contributed by atoms with Crippen LogP contribution in [0, 0.1) is 5.82 Å². The Bertz CT molecular complexity index is 735. The maximum absolute atomic E-state index is 13.8. The van der Waals surface area contributed by atoms with Crippen molar-refractivity contribution in [2.24, 2.45) is 5.73 Å². The Hall–Kier alpha value is -2.31. The van der Waals surface area contributed by atoms with Crippen LogP contribution in [-0.2, 0) is 17.9 Å². The second-order valence-corrected chi connectivity index (χ2v) is 5.87. The van der Waals surface area contributed by atoms with Gasteiger partial charge in [0, 0.05) is 23.7 Å². The lowest BCUT2D eigenvalue weighted by Crippen LogP contribution is -2.38. The maximum Gasteiger partial charge on any atom is 0.234 e. The number of methoxy groups -OCH3 is 1. The van der Waals surface area contributed by atoms with Crippen molar-refractivity contribution in [3.63, 3.8) is 0 Å². The van der Waals surface area contributed by atoms with Crippen LogP contribution in [0.5, 0.6) is 11.5 Å². The number of primary amides is 1. The monoisotopic (exact) mass is 366 g/mol. The topological polar surface area (TPSA) is 73.6 Å². The molecule has 0 bridgehead atoms. The van der Waals surface area contributed by atoms with Crippen LogP contribution < -0.4 is 20.5 Å². The third-order valence-electron chi connectivity index (χ3n) is 3.73. The molecule has 1 atom stereocenters. The number of rotatable bonds is 8. The highest BCUT2D eigenvalue weighted by Gasteiger charge is 2.12. The summed E-state index contributed by atoms with van der Waals surface area (Å²) in [5.74, 6) is 0.255. The van der Waals surface area contributed by atoms with E-state index in [1.807, 2.05) is 0 Å². The Balaban J connectivity index is 2.07. The lowest BCUT2D eigenvalue weighted by atomic mass is 10.1. The molecule has 5 nitrogen and oxygen atoms in total. The normalized spacial score (nSPS) is 11.8. The zero-order valence-electron chi connectivity index (χ0n) is 14.0. The molecule has 2 aromatic carbocycles. The molecule has 7 heteroatoms. The van der Waals surface area contributed by atoms with Crippen molar-refractivity contribution in [2.45, 2.75) is 26.1 Å². The minimum atomic E-state index is -0.455. The first-order valence-corrected chi connectivity index (χ1v) is 8.05. The Kier molecular flexibility index (Phi) is 6.61. The third kappa shape index (κ3) is 5.08. The molecule has 0 aliphatic carbocycles. The number of benzene rings is 2. The highest BCUT2D eigenvalue weighted by molar-refractivity contribution is 6.31. The second-order valence-electron chi connectivity index (χ2n) is 5.47. The number of carbonyl (C=O) groups excluding carboxylic acids is 1. The van der Waals surface area contributed by atoms with E-state index in [4.69, 9.17) is 26.8 Å². The van der Waals surface area contributed by atoms with Gasteiger partial charge in [0.15, 0.2) is 0 Å². The average Bonchev–Trinajstić information content (AvgIpc) is 2.59. The minimum Gasteiger partial charge on any atom is -0.496 e. The van der Waals surface area contributed by atoms with Crippen LogP contribution in [-0.4, -0.2) is 19.1 Å². The van der Waals surface area contributed by atoms with E-state index >= 15 is 0 Å². The molecule has 0 heterocycles. The van der Waals surface area contributed by atoms with E-state index < -0.39 is 17.8 Å². The van der Waals surface area contributed by atoms with Crippen LogP contribution in [0.3, 0.4) is 0 Å². The van der Waals surface area contributed by atoms with Crippen LogP contribution in [0.15, 0.2) is 36.4 Å². The Labute approximate surface area is 150 Å². The molecule has 0 aliphatic heterocycles. The molecule has 2 rings (SSSR count). The number of hydrogen-bond donors (Lipinski definition) is 2. The van der Waals surface area contributed by atoms with Crippen molar-refractivity contribution in [1.82, 2.24) is 5.32 Å². The fourth-order valence-corrected chi connectivity index (χ4v) is 2.37. The van der Waals surface area contributed by atoms with Gasteiger partial charge in [-0.1, -0.05) is 23.7 Å². The number of hydrogen-bond acceptors (Lipinski definition) is 4. The number of nitrogens with one attached hydrogen (secondary N) is 1. The van der Waals surface area contributed by atoms with Gasteiger partial charge in [-0.05, 0) is 25.1 Å². The third-order valence-corrected chi connectivity index (χ3v) is 4.08. The standard InChI is InChI=1S/C18H20ClFN2O3/c1-11(18(21)23)22-9-12-6-7-13(8-17(12)24-2)25-10-14-15(19)4-3-5-16(14)20/h3-8,11,22H,9-10H2,1-2H3,(H2,21,23)/t11-/m0/s1. The average molecular weight is 367 g/mol. The van der Waals surface area contributed by atoms with Gasteiger partial charge in [-0.3, -0.25) is 4.79 Å². The minimum absolute atomic E-state index is 0.00493. The first kappa shape index (κ1) is 19.0. The van der Waals surface area contributed by atoms with Gasteiger partial charge in [0.05, 0.1) is 18.2 Å². The van der Waals surface area contributed by atoms with Crippen molar-refractivity contribution in [3.05, 3.63) is 58.4 Å². The molecular weight excluding hydrogens is 347 g/mol. The van der Waals surface area contributed by atoms with Crippen LogP contribution in [0.2, 0.25) is 5.02 Å². The molecule has 2 aromatic rings. The summed E-state index contributed by atoms with van der Waals surface area (Å²) in [6.45, 7) is 2.10. The van der Waals surface area contributed by atoms with Gasteiger partial charge in [-0.15, -0.1) is 0 Å². The fourth-order valence-electron chi connectivity index (χ4n) is 2.15. The molecule has 0 radical (unpaired) electrons. The molecule has 0 aliphatic rings. The van der Waals surface area contributed by atoms with Crippen molar-refractivity contribution in [2.75, 3.05) is 7.11 Å². The van der Waals surface area contributed by atoms with Crippen LogP contribution in [0.1, 0.15) is 18.1 Å². The molecule has 0 aromatic heterocycles. The summed E-state index contributed by atoms with van der Waals surface area (Å²) >= 11 is 5.99. The Morgan fingerprint density at radius 2 is 2.12 bits per heavy atom. The number of nitrogens with two attached hydrogens (primary N) is 1. The van der Waals surface area contributed by atoms with E-state index in [2.05, 4.69) is 5.32 Å². The second kappa shape index (κ2) is 8.69. The molecule has 25 heavy (non-hydrogen) atoms. The molecule has 0 unspecified atom stereocenters. The van der Waals surface area contributed by atoms with Gasteiger partial charge in [0.25, 0.3) is 0 Å². The Morgan fingerprint density at radius 1 is 1.36 bits per heavy atom. The van der Waals surface area contributed by atoms with Gasteiger partial charge >= 0.3 is 0 Å². The van der Waals surface area contributed by atoms with E-state index in [0.29, 0.717) is 28.6 Å². The smallest absolute Gasteiger partial charge is 0.234 e. The molecule has 0 saturated carbocycles. The lowest BCUT2D eigenvalue weighted by Gasteiger charge is -2.15. The SMILES string of the molecule is COc1cc(OCc2c(F)cccc2Cl)ccc1CN[C@@H](C)C(N)=O. The van der Waals surface area contributed by atoms with Gasteiger partial charge in [0.1, 0.15) is 23.9 Å². The molecule has 0 spiro atoms. The predicted octanol–water partition coefficient (Wildman–Crippen LogP) is 3.03. The first-order chi connectivity index (χ1) is 11.9. The molecule has 3 N–H and O–H groups in total. The van der Waals surface area contributed by atoms with Crippen molar-refractivity contribution < 1.29 is 18.7 Å².